The summed E-state index contributed by atoms with van der Waals surface area (Å²) in [4.78, 5) is 13.0. The van der Waals surface area contributed by atoms with Crippen LogP contribution >= 0.6 is 0 Å². The van der Waals surface area contributed by atoms with Crippen LogP contribution in [0.3, 0.4) is 0 Å². The number of nitrogens with one attached hydrogen (secondary N) is 1. The molecular formula is C23H33NO3. The third-order valence-corrected chi connectivity index (χ3v) is 5.85. The molecule has 27 heavy (non-hydrogen) atoms. The molecule has 1 saturated carbocycles. The molecule has 0 aromatic heterocycles. The summed E-state index contributed by atoms with van der Waals surface area (Å²) in [5.74, 6) is 1.08. The van der Waals surface area contributed by atoms with Crippen molar-refractivity contribution in [3.8, 4) is 5.75 Å². The molecule has 2 aliphatic rings. The quantitative estimate of drug-likeness (QED) is 0.602. The molecule has 4 nitrogen and oxygen atoms in total. The molecule has 3 rings (SSSR count). The fourth-order valence-corrected chi connectivity index (χ4v) is 4.43. The average molecular weight is 372 g/mol. The van der Waals surface area contributed by atoms with Crippen LogP contribution in [0.25, 0.3) is 5.70 Å². The summed E-state index contributed by atoms with van der Waals surface area (Å²) in [5, 5.41) is 13.7. The van der Waals surface area contributed by atoms with Gasteiger partial charge in [-0.15, -0.1) is 0 Å². The van der Waals surface area contributed by atoms with E-state index in [0.717, 1.165) is 54.5 Å². The van der Waals surface area contributed by atoms with Crippen LogP contribution < -0.4 is 10.1 Å². The fraction of sp³-hybridized carbons (Fsp3) is 0.609. The Morgan fingerprint density at radius 1 is 1.26 bits per heavy atom. The van der Waals surface area contributed by atoms with Crippen molar-refractivity contribution in [1.29, 1.82) is 0 Å². The van der Waals surface area contributed by atoms with Crippen molar-refractivity contribution in [1.82, 2.24) is 5.32 Å². The lowest BCUT2D eigenvalue weighted by molar-refractivity contribution is -0.118. The van der Waals surface area contributed by atoms with E-state index in [1.165, 1.54) is 12.8 Å². The Bertz CT molecular complexity index is 725. The Morgan fingerprint density at radius 3 is 2.52 bits per heavy atom. The first-order valence-electron chi connectivity index (χ1n) is 10.2. The third kappa shape index (κ3) is 4.55. The van der Waals surface area contributed by atoms with Crippen LogP contribution in [0.2, 0.25) is 0 Å². The highest BCUT2D eigenvalue weighted by atomic mass is 16.5. The number of carbonyl (C=O) groups excluding carboxylic acids is 1. The molecule has 1 aliphatic heterocycles. The second-order valence-corrected chi connectivity index (χ2v) is 8.76. The van der Waals surface area contributed by atoms with Gasteiger partial charge in [0.15, 0.2) is 5.78 Å². The second-order valence-electron chi connectivity index (χ2n) is 8.76. The van der Waals surface area contributed by atoms with Gasteiger partial charge in [-0.1, -0.05) is 25.7 Å². The van der Waals surface area contributed by atoms with Gasteiger partial charge in [0.05, 0.1) is 13.2 Å². The molecule has 0 saturated heterocycles. The van der Waals surface area contributed by atoms with E-state index in [-0.39, 0.29) is 17.2 Å². The summed E-state index contributed by atoms with van der Waals surface area (Å²) < 4.78 is 5.50. The summed E-state index contributed by atoms with van der Waals surface area (Å²) in [6.07, 6.45) is 8.82. The maximum atomic E-state index is 13.0. The van der Waals surface area contributed by atoms with Crippen molar-refractivity contribution >= 4 is 11.5 Å². The predicted octanol–water partition coefficient (Wildman–Crippen LogP) is 4.55. The maximum Gasteiger partial charge on any atom is 0.160 e. The van der Waals surface area contributed by atoms with Gasteiger partial charge in [-0.05, 0) is 57.7 Å². The minimum atomic E-state index is -0.626. The monoisotopic (exact) mass is 371 g/mol. The molecule has 0 amide bonds. The van der Waals surface area contributed by atoms with E-state index in [9.17, 15) is 9.90 Å². The number of ether oxygens (including phenoxy) is 1. The van der Waals surface area contributed by atoms with Gasteiger partial charge < -0.3 is 15.2 Å². The highest BCUT2D eigenvalue weighted by Crippen LogP contribution is 2.37. The van der Waals surface area contributed by atoms with E-state index >= 15 is 0 Å². The van der Waals surface area contributed by atoms with E-state index in [1.807, 2.05) is 18.2 Å². The van der Waals surface area contributed by atoms with Gasteiger partial charge in [0, 0.05) is 34.4 Å². The maximum absolute atomic E-state index is 13.0. The fourth-order valence-electron chi connectivity index (χ4n) is 4.43. The smallest absolute Gasteiger partial charge is 0.160 e. The highest BCUT2D eigenvalue weighted by Gasteiger charge is 2.30. The van der Waals surface area contributed by atoms with Crippen molar-refractivity contribution < 1.29 is 14.6 Å². The highest BCUT2D eigenvalue weighted by molar-refractivity contribution is 5.98. The van der Waals surface area contributed by atoms with E-state index in [0.29, 0.717) is 5.75 Å². The molecule has 1 aromatic rings. The lowest BCUT2D eigenvalue weighted by Crippen LogP contribution is -2.44. The average Bonchev–Trinajstić information content (AvgIpc) is 2.89. The molecular weight excluding hydrogens is 338 g/mol. The zero-order valence-electron chi connectivity index (χ0n) is 17.1. The van der Waals surface area contributed by atoms with E-state index in [1.54, 1.807) is 14.0 Å². The molecule has 1 fully saturated rings. The van der Waals surface area contributed by atoms with Crippen molar-refractivity contribution in [3.63, 3.8) is 0 Å². The first-order chi connectivity index (χ1) is 12.8. The Balaban J connectivity index is 2.00. The topological polar surface area (TPSA) is 58.6 Å². The molecule has 0 bridgehead atoms. The van der Waals surface area contributed by atoms with Gasteiger partial charge in [-0.25, -0.2) is 0 Å². The van der Waals surface area contributed by atoms with Gasteiger partial charge in [0.2, 0.25) is 0 Å². The number of aliphatic hydroxyl groups excluding tert-OH is 1. The summed E-state index contributed by atoms with van der Waals surface area (Å²) in [5.41, 5.74) is 3.65. The molecule has 148 valence electrons. The molecule has 1 aliphatic carbocycles. The van der Waals surface area contributed by atoms with E-state index in [4.69, 9.17) is 4.74 Å². The standard InChI is InChI=1S/C23H33NO3/c1-15(25)18-12-19-17(11-22(18)27-4)14-23(2,3)24-20(19)13-21(26)16-9-7-5-6-8-10-16/h11-13,15-16,24-25H,5-10,14H2,1-4H3. The Kier molecular flexibility index (Phi) is 5.95. The van der Waals surface area contributed by atoms with Gasteiger partial charge in [0.25, 0.3) is 0 Å². The van der Waals surface area contributed by atoms with Gasteiger partial charge in [-0.3, -0.25) is 4.79 Å². The van der Waals surface area contributed by atoms with Gasteiger partial charge in [0.1, 0.15) is 5.75 Å². The molecule has 1 atom stereocenters. The molecule has 0 radical (unpaired) electrons. The minimum absolute atomic E-state index is 0.139. The predicted molar refractivity (Wildman–Crippen MR) is 109 cm³/mol. The van der Waals surface area contributed by atoms with Crippen LogP contribution in [0.15, 0.2) is 18.2 Å². The van der Waals surface area contributed by atoms with Crippen molar-refractivity contribution in [2.75, 3.05) is 7.11 Å². The van der Waals surface area contributed by atoms with Crippen molar-refractivity contribution in [2.24, 2.45) is 5.92 Å². The first kappa shape index (κ1) is 19.9. The second kappa shape index (κ2) is 8.05. The summed E-state index contributed by atoms with van der Waals surface area (Å²) in [6, 6.07) is 4.00. The zero-order chi connectivity index (χ0) is 19.6. The number of fused-ring (bicyclic) bond motifs is 1. The Morgan fingerprint density at radius 2 is 1.93 bits per heavy atom. The summed E-state index contributed by atoms with van der Waals surface area (Å²) in [7, 11) is 1.63. The minimum Gasteiger partial charge on any atom is -0.496 e. The lowest BCUT2D eigenvalue weighted by Gasteiger charge is -2.36. The zero-order valence-corrected chi connectivity index (χ0v) is 17.1. The van der Waals surface area contributed by atoms with Gasteiger partial charge in [-0.2, -0.15) is 0 Å². The normalized spacial score (nSPS) is 22.5. The Labute approximate surface area is 163 Å². The molecule has 1 aromatic carbocycles. The van der Waals surface area contributed by atoms with E-state index < -0.39 is 6.10 Å². The number of benzene rings is 1. The first-order valence-corrected chi connectivity index (χ1v) is 10.2. The van der Waals surface area contributed by atoms with Crippen LogP contribution in [0.5, 0.6) is 5.75 Å². The van der Waals surface area contributed by atoms with Crippen LogP contribution in [0.4, 0.5) is 0 Å². The Hall–Kier alpha value is -1.81. The number of hydrogen-bond acceptors (Lipinski definition) is 4. The number of carbonyl (C=O) groups is 1. The molecule has 4 heteroatoms. The number of aliphatic hydroxyl groups is 1. The SMILES string of the molecule is COc1cc2c(cc1C(C)O)C(=CC(=O)C1CCCCCC1)NC(C)(C)C2. The molecule has 1 heterocycles. The molecule has 1 unspecified atom stereocenters. The van der Waals surface area contributed by atoms with Crippen LogP contribution in [0.1, 0.15) is 82.1 Å². The number of methoxy groups -OCH3 is 1. The van der Waals surface area contributed by atoms with Crippen LogP contribution in [-0.4, -0.2) is 23.5 Å². The van der Waals surface area contributed by atoms with Crippen LogP contribution in [0, 0.1) is 5.92 Å². The molecule has 2 N–H and O–H groups in total. The summed E-state index contributed by atoms with van der Waals surface area (Å²) in [6.45, 7) is 6.04. The number of rotatable bonds is 4. The molecule has 0 spiro atoms. The van der Waals surface area contributed by atoms with Crippen molar-refractivity contribution in [2.45, 2.75) is 77.4 Å². The largest absolute Gasteiger partial charge is 0.496 e. The number of hydrogen-bond donors (Lipinski definition) is 2. The van der Waals surface area contributed by atoms with E-state index in [2.05, 4.69) is 19.2 Å². The van der Waals surface area contributed by atoms with Gasteiger partial charge >= 0.3 is 0 Å². The lowest BCUT2D eigenvalue weighted by atomic mass is 9.83. The van der Waals surface area contributed by atoms with Crippen LogP contribution in [-0.2, 0) is 11.2 Å². The van der Waals surface area contributed by atoms with Crippen molar-refractivity contribution in [3.05, 3.63) is 34.9 Å². The summed E-state index contributed by atoms with van der Waals surface area (Å²) >= 11 is 0. The number of allylic oxidation sites excluding steroid dienone is 1. The third-order valence-electron chi connectivity index (χ3n) is 5.85. The number of ketones is 1.